The summed E-state index contributed by atoms with van der Waals surface area (Å²) in [6.45, 7) is 6.96. The monoisotopic (exact) mass is 282 g/mol. The van der Waals surface area contributed by atoms with Gasteiger partial charge in [0.2, 0.25) is 0 Å². The molecule has 0 aliphatic carbocycles. The highest BCUT2D eigenvalue weighted by atomic mass is 32.2. The summed E-state index contributed by atoms with van der Waals surface area (Å²) in [6, 6.07) is 0. The Morgan fingerprint density at radius 3 is 1.71 bits per heavy atom. The van der Waals surface area contributed by atoms with Crippen LogP contribution in [0.4, 0.5) is 0 Å². The van der Waals surface area contributed by atoms with Crippen LogP contribution in [0.1, 0.15) is 20.8 Å². The third kappa shape index (κ3) is 7.66. The quantitative estimate of drug-likeness (QED) is 0.594. The van der Waals surface area contributed by atoms with Crippen molar-refractivity contribution in [3.05, 3.63) is 11.8 Å². The zero-order valence-electron chi connectivity index (χ0n) is 10.9. The van der Waals surface area contributed by atoms with Crippen molar-refractivity contribution in [3.8, 4) is 0 Å². The Morgan fingerprint density at radius 2 is 1.41 bits per heavy atom. The van der Waals surface area contributed by atoms with E-state index in [0.717, 1.165) is 0 Å². The molecule has 7 heteroatoms. The highest BCUT2D eigenvalue weighted by molar-refractivity contribution is 7.90. The van der Waals surface area contributed by atoms with Crippen LogP contribution < -0.4 is 0 Å². The fourth-order valence-corrected chi connectivity index (χ4v) is 4.01. The van der Waals surface area contributed by atoms with Crippen molar-refractivity contribution < 1.29 is 21.7 Å². The molecule has 0 saturated heterocycles. The van der Waals surface area contributed by atoms with E-state index in [-0.39, 0.29) is 5.75 Å². The van der Waals surface area contributed by atoms with E-state index >= 15 is 0 Å². The molecule has 17 heavy (non-hydrogen) atoms. The van der Waals surface area contributed by atoms with Gasteiger partial charge in [0.25, 0.3) is 0 Å². The van der Waals surface area contributed by atoms with Crippen LogP contribution in [-0.2, 0) is 23.1 Å². The Morgan fingerprint density at radius 1 is 1.00 bits per heavy atom. The van der Waals surface area contributed by atoms with E-state index < -0.39 is 18.6 Å². The van der Waals surface area contributed by atoms with Gasteiger partial charge in [-0.1, -0.05) is 6.08 Å². The first-order valence-corrected chi connectivity index (χ1v) is 9.52. The maximum Gasteiger partial charge on any atom is 0.529 e. The van der Waals surface area contributed by atoms with E-state index in [1.54, 1.807) is 11.8 Å². The summed E-state index contributed by atoms with van der Waals surface area (Å²) in [7, 11) is -5.86. The average Bonchev–Trinajstić information content (AvgIpc) is 2.16. The molecule has 102 valence electrons. The molecule has 0 fully saturated rings. The summed E-state index contributed by atoms with van der Waals surface area (Å²) in [4.78, 5) is 0. The fourth-order valence-electron chi connectivity index (χ4n) is 1.24. The average molecular weight is 282 g/mol. The summed E-state index contributed by atoms with van der Waals surface area (Å²) in [5.41, 5.74) is 1.64. The van der Waals surface area contributed by atoms with Gasteiger partial charge in [-0.15, -0.1) is 0 Å². The van der Waals surface area contributed by atoms with E-state index in [1.807, 2.05) is 20.8 Å². The molecule has 0 amide bonds. The van der Waals surface area contributed by atoms with Crippen molar-refractivity contribution >= 4 is 18.6 Å². The molecule has 0 radical (unpaired) electrons. The Kier molecular flexibility index (Phi) is 7.89. The Bertz CT molecular complexity index is 309. The van der Waals surface area contributed by atoms with Crippen LogP contribution in [0.15, 0.2) is 11.8 Å². The van der Waals surface area contributed by atoms with Crippen LogP contribution in [-0.4, -0.2) is 49.1 Å². The molecule has 0 saturated carbocycles. The molecule has 0 aromatic heterocycles. The maximum absolute atomic E-state index is 11.0. The van der Waals surface area contributed by atoms with E-state index in [2.05, 4.69) is 0 Å². The van der Waals surface area contributed by atoms with Gasteiger partial charge in [0.05, 0.1) is 5.75 Å². The fraction of sp³-hybridized carbons (Fsp3) is 0.800. The van der Waals surface area contributed by atoms with Gasteiger partial charge in [0.15, 0.2) is 9.84 Å². The van der Waals surface area contributed by atoms with Gasteiger partial charge in [-0.2, -0.15) is 0 Å². The van der Waals surface area contributed by atoms with Crippen molar-refractivity contribution in [3.63, 3.8) is 0 Å². The molecule has 5 nitrogen and oxygen atoms in total. The van der Waals surface area contributed by atoms with Crippen molar-refractivity contribution in [2.45, 2.75) is 20.8 Å². The normalized spacial score (nSPS) is 13.4. The Labute approximate surface area is 105 Å². The minimum atomic E-state index is -3.02. The lowest BCUT2D eigenvalue weighted by Gasteiger charge is -2.25. The van der Waals surface area contributed by atoms with Crippen LogP contribution in [0, 0.1) is 0 Å². The lowest BCUT2D eigenvalue weighted by molar-refractivity contribution is 0.0842. The zero-order valence-corrected chi connectivity index (χ0v) is 12.7. The molecule has 0 atom stereocenters. The second-order valence-corrected chi connectivity index (χ2v) is 7.99. The second kappa shape index (κ2) is 7.99. The van der Waals surface area contributed by atoms with E-state index in [1.165, 1.54) is 6.26 Å². The number of hydrogen-bond acceptors (Lipinski definition) is 5. The van der Waals surface area contributed by atoms with Crippen LogP contribution in [0.3, 0.4) is 0 Å². The summed E-state index contributed by atoms with van der Waals surface area (Å²) in [5.74, 6) is -0.0328. The number of sulfone groups is 1. The van der Waals surface area contributed by atoms with Gasteiger partial charge in [-0.25, -0.2) is 8.42 Å². The van der Waals surface area contributed by atoms with Gasteiger partial charge >= 0.3 is 8.80 Å². The second-order valence-electron chi connectivity index (χ2n) is 3.40. The molecule has 0 spiro atoms. The third-order valence-electron chi connectivity index (χ3n) is 1.76. The first-order valence-electron chi connectivity index (χ1n) is 5.66. The smallest absolute Gasteiger partial charge is 0.371 e. The standard InChI is InChI=1S/C10H22O5SSi/c1-5-13-17(14-6-2,15-7-3)10-8-9-16(4,11)12/h8,10H,5-7,9H2,1-4H3/b10-8+. The molecule has 0 aromatic rings. The van der Waals surface area contributed by atoms with Gasteiger partial charge in [0, 0.05) is 26.1 Å². The molecule has 0 aromatic carbocycles. The van der Waals surface area contributed by atoms with Gasteiger partial charge < -0.3 is 13.3 Å². The highest BCUT2D eigenvalue weighted by Gasteiger charge is 2.37. The maximum atomic E-state index is 11.0. The predicted molar refractivity (Wildman–Crippen MR) is 69.5 cm³/mol. The minimum Gasteiger partial charge on any atom is -0.371 e. The molecule has 0 heterocycles. The molecule has 0 bridgehead atoms. The summed E-state index contributed by atoms with van der Waals surface area (Å²) < 4.78 is 38.7. The van der Waals surface area contributed by atoms with E-state index in [0.29, 0.717) is 19.8 Å². The van der Waals surface area contributed by atoms with Crippen LogP contribution >= 0.6 is 0 Å². The largest absolute Gasteiger partial charge is 0.529 e. The number of rotatable bonds is 9. The first kappa shape index (κ1) is 16.8. The Hall–Kier alpha value is -0.213. The van der Waals surface area contributed by atoms with Gasteiger partial charge in [0.1, 0.15) is 0 Å². The van der Waals surface area contributed by atoms with Crippen molar-refractivity contribution in [2.75, 3.05) is 31.8 Å². The molecule has 0 aliphatic rings. The van der Waals surface area contributed by atoms with Gasteiger partial charge in [-0.3, -0.25) is 0 Å². The van der Waals surface area contributed by atoms with E-state index in [4.69, 9.17) is 13.3 Å². The van der Waals surface area contributed by atoms with Crippen molar-refractivity contribution in [1.82, 2.24) is 0 Å². The molecule has 0 rings (SSSR count). The van der Waals surface area contributed by atoms with Crippen molar-refractivity contribution in [1.29, 1.82) is 0 Å². The summed E-state index contributed by atoms with van der Waals surface area (Å²) in [5, 5.41) is 0. The third-order valence-corrected chi connectivity index (χ3v) is 5.27. The van der Waals surface area contributed by atoms with Crippen LogP contribution in [0.2, 0.25) is 0 Å². The zero-order chi connectivity index (χ0) is 13.4. The topological polar surface area (TPSA) is 61.8 Å². The van der Waals surface area contributed by atoms with Crippen LogP contribution in [0.5, 0.6) is 0 Å². The minimum absolute atomic E-state index is 0.0328. The lowest BCUT2D eigenvalue weighted by atomic mass is 10.8. The predicted octanol–water partition coefficient (Wildman–Crippen LogP) is 1.17. The molecule has 0 aliphatic heterocycles. The molecule has 0 N–H and O–H groups in total. The van der Waals surface area contributed by atoms with Gasteiger partial charge in [-0.05, 0) is 26.5 Å². The SMILES string of the molecule is CCO[Si](/C=C/CS(C)(=O)=O)(OCC)OCC. The van der Waals surface area contributed by atoms with Crippen molar-refractivity contribution in [2.24, 2.45) is 0 Å². The highest BCUT2D eigenvalue weighted by Crippen LogP contribution is 2.12. The first-order chi connectivity index (χ1) is 7.89. The lowest BCUT2D eigenvalue weighted by Crippen LogP contribution is -2.44. The number of hydrogen-bond donors (Lipinski definition) is 0. The molecular formula is C10H22O5SSi. The summed E-state index contributed by atoms with van der Waals surface area (Å²) in [6.07, 6.45) is 2.73. The molecule has 0 unspecified atom stereocenters. The van der Waals surface area contributed by atoms with E-state index in [9.17, 15) is 8.42 Å². The Balaban J connectivity index is 4.75. The van der Waals surface area contributed by atoms with Crippen LogP contribution in [0.25, 0.3) is 0 Å². The molecular weight excluding hydrogens is 260 g/mol. The summed E-state index contributed by atoms with van der Waals surface area (Å²) >= 11 is 0.